The molecule has 0 aliphatic carbocycles. The van der Waals surface area contributed by atoms with Crippen molar-refractivity contribution in [1.29, 1.82) is 0 Å². The molecule has 0 radical (unpaired) electrons. The normalized spacial score (nSPS) is 15.6. The monoisotopic (exact) mass is 291 g/mol. The Morgan fingerprint density at radius 3 is 2.41 bits per heavy atom. The molecule has 1 N–H and O–H groups in total. The molecule has 0 saturated heterocycles. The standard InChI is InChI=1S/C18H17N3O/c1-21(2)12-14-17(13-8-4-3-5-9-13)19-15-10-6-7-11-16(15)20-18(14)22/h3-12H,1-2H3,(H,20,22)/b14-12-. The van der Waals surface area contributed by atoms with Crippen LogP contribution in [0.1, 0.15) is 5.56 Å². The minimum Gasteiger partial charge on any atom is -0.383 e. The molecule has 1 aliphatic rings. The first-order valence-electron chi connectivity index (χ1n) is 7.08. The number of hydrogen-bond acceptors (Lipinski definition) is 3. The van der Waals surface area contributed by atoms with Crippen LogP contribution in [0.2, 0.25) is 0 Å². The van der Waals surface area contributed by atoms with Gasteiger partial charge in [-0.15, -0.1) is 0 Å². The molecule has 22 heavy (non-hydrogen) atoms. The molecule has 0 saturated carbocycles. The molecule has 110 valence electrons. The van der Waals surface area contributed by atoms with Crippen LogP contribution in [0.4, 0.5) is 11.4 Å². The number of carbonyl (C=O) groups is 1. The summed E-state index contributed by atoms with van der Waals surface area (Å²) in [7, 11) is 3.78. The van der Waals surface area contributed by atoms with Gasteiger partial charge in [-0.2, -0.15) is 0 Å². The number of nitrogens with one attached hydrogen (secondary N) is 1. The van der Waals surface area contributed by atoms with Gasteiger partial charge in [-0.3, -0.25) is 4.79 Å². The average Bonchev–Trinajstić information content (AvgIpc) is 2.65. The third-order valence-electron chi connectivity index (χ3n) is 3.32. The van der Waals surface area contributed by atoms with Gasteiger partial charge in [0.1, 0.15) is 0 Å². The van der Waals surface area contributed by atoms with Gasteiger partial charge in [-0.25, -0.2) is 4.99 Å². The lowest BCUT2D eigenvalue weighted by molar-refractivity contribution is -0.112. The predicted molar refractivity (Wildman–Crippen MR) is 89.5 cm³/mol. The van der Waals surface area contributed by atoms with Crippen LogP contribution in [-0.2, 0) is 4.79 Å². The highest BCUT2D eigenvalue weighted by molar-refractivity contribution is 6.32. The third kappa shape index (κ3) is 2.76. The van der Waals surface area contributed by atoms with Crippen molar-refractivity contribution in [3.05, 3.63) is 71.9 Å². The van der Waals surface area contributed by atoms with E-state index in [0.717, 1.165) is 16.9 Å². The number of anilines is 1. The van der Waals surface area contributed by atoms with E-state index in [4.69, 9.17) is 4.99 Å². The van der Waals surface area contributed by atoms with Gasteiger partial charge in [0.05, 0.1) is 22.7 Å². The van der Waals surface area contributed by atoms with Gasteiger partial charge < -0.3 is 10.2 Å². The largest absolute Gasteiger partial charge is 0.383 e. The Kier molecular flexibility index (Phi) is 3.74. The molecule has 3 rings (SSSR count). The van der Waals surface area contributed by atoms with E-state index < -0.39 is 0 Å². The number of amides is 1. The van der Waals surface area contributed by atoms with E-state index in [1.807, 2.05) is 73.6 Å². The van der Waals surface area contributed by atoms with Gasteiger partial charge in [0.2, 0.25) is 0 Å². The van der Waals surface area contributed by atoms with Crippen LogP contribution in [0, 0.1) is 0 Å². The highest BCUT2D eigenvalue weighted by atomic mass is 16.1. The van der Waals surface area contributed by atoms with Crippen molar-refractivity contribution in [2.45, 2.75) is 0 Å². The van der Waals surface area contributed by atoms with Gasteiger partial charge in [-0.1, -0.05) is 42.5 Å². The minimum absolute atomic E-state index is 0.152. The Balaban J connectivity index is 2.22. The molecule has 1 aliphatic heterocycles. The highest BCUT2D eigenvalue weighted by Crippen LogP contribution is 2.30. The van der Waals surface area contributed by atoms with E-state index >= 15 is 0 Å². The Bertz CT molecular complexity index is 761. The molecule has 0 unspecified atom stereocenters. The van der Waals surface area contributed by atoms with Crippen molar-refractivity contribution in [2.24, 2.45) is 4.99 Å². The molecule has 1 amide bonds. The van der Waals surface area contributed by atoms with Gasteiger partial charge >= 0.3 is 0 Å². The van der Waals surface area contributed by atoms with Gasteiger partial charge in [0.15, 0.2) is 0 Å². The molecule has 0 fully saturated rings. The van der Waals surface area contributed by atoms with Crippen molar-refractivity contribution in [3.8, 4) is 0 Å². The fourth-order valence-electron chi connectivity index (χ4n) is 2.35. The predicted octanol–water partition coefficient (Wildman–Crippen LogP) is 3.21. The van der Waals surface area contributed by atoms with Gasteiger partial charge in [-0.05, 0) is 12.1 Å². The minimum atomic E-state index is -0.152. The summed E-state index contributed by atoms with van der Waals surface area (Å²) in [5.74, 6) is -0.152. The Morgan fingerprint density at radius 2 is 1.68 bits per heavy atom. The molecular weight excluding hydrogens is 274 g/mol. The number of rotatable bonds is 2. The van der Waals surface area contributed by atoms with E-state index in [9.17, 15) is 4.79 Å². The van der Waals surface area contributed by atoms with Crippen LogP contribution < -0.4 is 5.32 Å². The van der Waals surface area contributed by atoms with Crippen LogP contribution in [0.3, 0.4) is 0 Å². The molecule has 2 aromatic rings. The second kappa shape index (κ2) is 5.85. The first-order valence-corrected chi connectivity index (χ1v) is 7.08. The van der Waals surface area contributed by atoms with Gasteiger partial charge in [0, 0.05) is 25.9 Å². The molecule has 4 heteroatoms. The summed E-state index contributed by atoms with van der Waals surface area (Å²) in [5, 5.41) is 2.93. The second-order valence-corrected chi connectivity index (χ2v) is 5.30. The summed E-state index contributed by atoms with van der Waals surface area (Å²) >= 11 is 0. The van der Waals surface area contributed by atoms with E-state index in [0.29, 0.717) is 11.3 Å². The number of carbonyl (C=O) groups excluding carboxylic acids is 1. The third-order valence-corrected chi connectivity index (χ3v) is 3.32. The zero-order valence-corrected chi connectivity index (χ0v) is 12.6. The SMILES string of the molecule is CN(C)/C=C1\C(=O)Nc2ccccc2N=C1c1ccccc1. The van der Waals surface area contributed by atoms with E-state index in [1.165, 1.54) is 0 Å². The molecule has 0 aromatic heterocycles. The van der Waals surface area contributed by atoms with Crippen LogP contribution in [0.15, 0.2) is 71.4 Å². The van der Waals surface area contributed by atoms with Crippen molar-refractivity contribution in [3.63, 3.8) is 0 Å². The van der Waals surface area contributed by atoms with Gasteiger partial charge in [0.25, 0.3) is 5.91 Å². The summed E-state index contributed by atoms with van der Waals surface area (Å²) in [6.07, 6.45) is 1.80. The van der Waals surface area contributed by atoms with Crippen LogP contribution in [-0.4, -0.2) is 30.6 Å². The quantitative estimate of drug-likeness (QED) is 0.864. The summed E-state index contributed by atoms with van der Waals surface area (Å²) in [6, 6.07) is 17.3. The van der Waals surface area contributed by atoms with Crippen LogP contribution in [0.25, 0.3) is 0 Å². The number of fused-ring (bicyclic) bond motifs is 1. The maximum Gasteiger partial charge on any atom is 0.259 e. The van der Waals surface area contributed by atoms with E-state index in [2.05, 4.69) is 5.32 Å². The molecule has 0 bridgehead atoms. The topological polar surface area (TPSA) is 44.7 Å². The number of benzene rings is 2. The molecule has 2 aromatic carbocycles. The fraction of sp³-hybridized carbons (Fsp3) is 0.111. The summed E-state index contributed by atoms with van der Waals surface area (Å²) < 4.78 is 0. The average molecular weight is 291 g/mol. The Morgan fingerprint density at radius 1 is 1.00 bits per heavy atom. The Hall–Kier alpha value is -2.88. The number of nitrogens with zero attached hydrogens (tertiary/aromatic N) is 2. The zero-order valence-electron chi connectivity index (χ0n) is 12.6. The first kappa shape index (κ1) is 14.1. The fourth-order valence-corrected chi connectivity index (χ4v) is 2.35. The van der Waals surface area contributed by atoms with Crippen molar-refractivity contribution in [2.75, 3.05) is 19.4 Å². The maximum atomic E-state index is 12.6. The molecule has 4 nitrogen and oxygen atoms in total. The summed E-state index contributed by atoms with van der Waals surface area (Å²) in [5.41, 5.74) is 3.63. The molecule has 0 atom stereocenters. The second-order valence-electron chi connectivity index (χ2n) is 5.30. The number of aliphatic imine (C=N–C) groups is 1. The maximum absolute atomic E-state index is 12.6. The lowest BCUT2D eigenvalue weighted by Crippen LogP contribution is -2.22. The highest BCUT2D eigenvalue weighted by Gasteiger charge is 2.23. The molecule has 1 heterocycles. The summed E-state index contributed by atoms with van der Waals surface area (Å²) in [4.78, 5) is 19.2. The van der Waals surface area contributed by atoms with Crippen molar-refractivity contribution < 1.29 is 4.79 Å². The smallest absolute Gasteiger partial charge is 0.259 e. The van der Waals surface area contributed by atoms with Crippen LogP contribution >= 0.6 is 0 Å². The van der Waals surface area contributed by atoms with Crippen molar-refractivity contribution >= 4 is 23.0 Å². The molecular formula is C18H17N3O. The first-order chi connectivity index (χ1) is 10.6. The van der Waals surface area contributed by atoms with E-state index in [-0.39, 0.29) is 5.91 Å². The van der Waals surface area contributed by atoms with Crippen LogP contribution in [0.5, 0.6) is 0 Å². The van der Waals surface area contributed by atoms with E-state index in [1.54, 1.807) is 6.20 Å². The lowest BCUT2D eigenvalue weighted by atomic mass is 10.0. The lowest BCUT2D eigenvalue weighted by Gasteiger charge is -2.12. The Labute approximate surface area is 129 Å². The van der Waals surface area contributed by atoms with Crippen molar-refractivity contribution in [1.82, 2.24) is 4.90 Å². The molecule has 0 spiro atoms. The zero-order chi connectivity index (χ0) is 15.5. The number of hydrogen-bond donors (Lipinski definition) is 1. The summed E-state index contributed by atoms with van der Waals surface area (Å²) in [6.45, 7) is 0. The number of para-hydroxylation sites is 2.